The molecule has 0 bridgehead atoms. The van der Waals surface area contributed by atoms with Gasteiger partial charge in [0.15, 0.2) is 0 Å². The van der Waals surface area contributed by atoms with Crippen LogP contribution in [0.1, 0.15) is 24.8 Å². The third-order valence-corrected chi connectivity index (χ3v) is 5.57. The molecule has 0 radical (unpaired) electrons. The summed E-state index contributed by atoms with van der Waals surface area (Å²) in [6, 6.07) is 10.4. The van der Waals surface area contributed by atoms with Gasteiger partial charge in [0.25, 0.3) is 0 Å². The molecule has 2 fully saturated rings. The number of nitrogens with one attached hydrogen (secondary N) is 1. The number of aryl methyl sites for hydroxylation is 1. The number of carbonyl (C=O) groups excluding carboxylic acids is 1. The largest absolute Gasteiger partial charge is 0.328 e. The zero-order valence-corrected chi connectivity index (χ0v) is 13.3. The molecule has 0 aromatic heterocycles. The van der Waals surface area contributed by atoms with Crippen LogP contribution in [0.25, 0.3) is 0 Å². The molecular weight excluding hydrogens is 280 g/mol. The van der Waals surface area contributed by atoms with Crippen LogP contribution in [0, 0.1) is 5.92 Å². The van der Waals surface area contributed by atoms with Crippen molar-refractivity contribution in [3.8, 4) is 0 Å². The maximum absolute atomic E-state index is 12.5. The van der Waals surface area contributed by atoms with E-state index in [0.717, 1.165) is 26.1 Å². The van der Waals surface area contributed by atoms with E-state index in [0.29, 0.717) is 11.8 Å². The number of thioether (sulfide) groups is 1. The molecule has 3 rings (SSSR count). The Balaban J connectivity index is 1.47. The molecule has 1 N–H and O–H groups in total. The standard InChI is InChI=1S/C17H24N2OS/c20-17-16(7-6-14-4-2-1-3-5-14)18-13-19(17)12-15-8-10-21-11-9-15/h1-5,15-16,18H,6-13H2. The first-order chi connectivity index (χ1) is 10.3. The Morgan fingerprint density at radius 1 is 1.19 bits per heavy atom. The number of nitrogens with zero attached hydrogens (tertiary/aromatic N) is 1. The SMILES string of the molecule is O=C1C(CCc2ccccc2)NCN1CC1CCSCC1. The molecule has 1 atom stereocenters. The summed E-state index contributed by atoms with van der Waals surface area (Å²) in [4.78, 5) is 14.5. The zero-order chi connectivity index (χ0) is 14.5. The van der Waals surface area contributed by atoms with E-state index in [4.69, 9.17) is 0 Å². The number of amides is 1. The van der Waals surface area contributed by atoms with E-state index in [1.807, 2.05) is 22.7 Å². The van der Waals surface area contributed by atoms with E-state index in [9.17, 15) is 4.79 Å². The highest BCUT2D eigenvalue weighted by Gasteiger charge is 2.32. The average Bonchev–Trinajstić information content (AvgIpc) is 2.88. The highest BCUT2D eigenvalue weighted by molar-refractivity contribution is 7.99. The highest BCUT2D eigenvalue weighted by atomic mass is 32.2. The average molecular weight is 304 g/mol. The van der Waals surface area contributed by atoms with Gasteiger partial charge in [0.1, 0.15) is 0 Å². The molecule has 21 heavy (non-hydrogen) atoms. The van der Waals surface area contributed by atoms with Crippen LogP contribution in [0.4, 0.5) is 0 Å². The Kier molecular flexibility index (Phi) is 5.20. The predicted octanol–water partition coefficient (Wildman–Crippen LogP) is 2.52. The third-order valence-electron chi connectivity index (χ3n) is 4.52. The van der Waals surface area contributed by atoms with Gasteiger partial charge in [-0.25, -0.2) is 0 Å². The number of hydrogen-bond acceptors (Lipinski definition) is 3. The first-order valence-corrected chi connectivity index (χ1v) is 9.12. The lowest BCUT2D eigenvalue weighted by Gasteiger charge is -2.26. The van der Waals surface area contributed by atoms with E-state index in [1.165, 1.54) is 29.9 Å². The van der Waals surface area contributed by atoms with Gasteiger partial charge >= 0.3 is 0 Å². The Morgan fingerprint density at radius 2 is 1.95 bits per heavy atom. The number of hydrogen-bond donors (Lipinski definition) is 1. The molecule has 2 aliphatic heterocycles. The van der Waals surface area contributed by atoms with Crippen molar-refractivity contribution >= 4 is 17.7 Å². The Labute approximate surface area is 131 Å². The molecule has 3 nitrogen and oxygen atoms in total. The highest BCUT2D eigenvalue weighted by Crippen LogP contribution is 2.24. The molecule has 1 aromatic carbocycles. The minimum Gasteiger partial charge on any atom is -0.328 e. The summed E-state index contributed by atoms with van der Waals surface area (Å²) in [5, 5.41) is 3.39. The van der Waals surface area contributed by atoms with Crippen molar-refractivity contribution in [3.63, 3.8) is 0 Å². The number of rotatable bonds is 5. The van der Waals surface area contributed by atoms with Crippen LogP contribution in [0.5, 0.6) is 0 Å². The molecule has 1 amide bonds. The number of carbonyl (C=O) groups is 1. The molecule has 1 aromatic rings. The van der Waals surface area contributed by atoms with Crippen LogP contribution in [0.3, 0.4) is 0 Å². The molecule has 4 heteroatoms. The van der Waals surface area contributed by atoms with E-state index in [1.54, 1.807) is 0 Å². The van der Waals surface area contributed by atoms with Crippen LogP contribution in [0.2, 0.25) is 0 Å². The van der Waals surface area contributed by atoms with Gasteiger partial charge in [-0.3, -0.25) is 10.1 Å². The fourth-order valence-corrected chi connectivity index (χ4v) is 4.39. The lowest BCUT2D eigenvalue weighted by Crippen LogP contribution is -2.35. The van der Waals surface area contributed by atoms with Crippen molar-refractivity contribution in [1.29, 1.82) is 0 Å². The third kappa shape index (κ3) is 4.01. The molecule has 2 saturated heterocycles. The van der Waals surface area contributed by atoms with E-state index in [2.05, 4.69) is 29.6 Å². The van der Waals surface area contributed by atoms with E-state index >= 15 is 0 Å². The van der Waals surface area contributed by atoms with Crippen molar-refractivity contribution in [1.82, 2.24) is 10.2 Å². The van der Waals surface area contributed by atoms with E-state index < -0.39 is 0 Å². The Morgan fingerprint density at radius 3 is 2.71 bits per heavy atom. The molecule has 2 aliphatic rings. The summed E-state index contributed by atoms with van der Waals surface area (Å²) < 4.78 is 0. The van der Waals surface area contributed by atoms with Gasteiger partial charge in [0.05, 0.1) is 12.7 Å². The maximum Gasteiger partial charge on any atom is 0.240 e. The molecule has 114 valence electrons. The molecular formula is C17H24N2OS. The molecule has 0 aliphatic carbocycles. The lowest BCUT2D eigenvalue weighted by molar-refractivity contribution is -0.129. The van der Waals surface area contributed by atoms with Gasteiger partial charge in [-0.05, 0) is 48.7 Å². The van der Waals surface area contributed by atoms with Gasteiger partial charge in [0.2, 0.25) is 5.91 Å². The van der Waals surface area contributed by atoms with Gasteiger partial charge in [-0.15, -0.1) is 0 Å². The smallest absolute Gasteiger partial charge is 0.240 e. The normalized spacial score (nSPS) is 23.7. The van der Waals surface area contributed by atoms with Crippen LogP contribution in [-0.4, -0.2) is 41.6 Å². The van der Waals surface area contributed by atoms with Crippen LogP contribution >= 0.6 is 11.8 Å². The summed E-state index contributed by atoms with van der Waals surface area (Å²) in [6.45, 7) is 1.69. The first kappa shape index (κ1) is 14.9. The summed E-state index contributed by atoms with van der Waals surface area (Å²) in [5.74, 6) is 3.55. The quantitative estimate of drug-likeness (QED) is 0.907. The van der Waals surface area contributed by atoms with Gasteiger partial charge in [-0.1, -0.05) is 30.3 Å². The summed E-state index contributed by atoms with van der Waals surface area (Å²) in [7, 11) is 0. The Hall–Kier alpha value is -1.00. The van der Waals surface area contributed by atoms with Crippen molar-refractivity contribution in [2.45, 2.75) is 31.7 Å². The van der Waals surface area contributed by atoms with Crippen molar-refractivity contribution in [2.24, 2.45) is 5.92 Å². The molecule has 2 heterocycles. The maximum atomic E-state index is 12.5. The number of benzene rings is 1. The van der Waals surface area contributed by atoms with Crippen molar-refractivity contribution < 1.29 is 4.79 Å². The zero-order valence-electron chi connectivity index (χ0n) is 12.5. The summed E-state index contributed by atoms with van der Waals surface area (Å²) in [5.41, 5.74) is 1.31. The lowest BCUT2D eigenvalue weighted by atomic mass is 10.0. The fourth-order valence-electron chi connectivity index (χ4n) is 3.18. The summed E-state index contributed by atoms with van der Waals surface area (Å²) >= 11 is 2.04. The second-order valence-corrected chi connectivity index (χ2v) is 7.28. The second kappa shape index (κ2) is 7.32. The van der Waals surface area contributed by atoms with Crippen molar-refractivity contribution in [3.05, 3.63) is 35.9 Å². The van der Waals surface area contributed by atoms with Crippen LogP contribution in [-0.2, 0) is 11.2 Å². The topological polar surface area (TPSA) is 32.3 Å². The fraction of sp³-hybridized carbons (Fsp3) is 0.588. The molecule has 0 saturated carbocycles. The van der Waals surface area contributed by atoms with Crippen LogP contribution in [0.15, 0.2) is 30.3 Å². The minimum atomic E-state index is 0.0168. The monoisotopic (exact) mass is 304 g/mol. The van der Waals surface area contributed by atoms with E-state index in [-0.39, 0.29) is 6.04 Å². The molecule has 1 unspecified atom stereocenters. The predicted molar refractivity (Wildman–Crippen MR) is 88.3 cm³/mol. The Bertz CT molecular complexity index is 459. The molecule has 0 spiro atoms. The van der Waals surface area contributed by atoms with Gasteiger partial charge < -0.3 is 4.90 Å². The van der Waals surface area contributed by atoms with Crippen molar-refractivity contribution in [2.75, 3.05) is 24.7 Å². The first-order valence-electron chi connectivity index (χ1n) is 7.97. The summed E-state index contributed by atoms with van der Waals surface area (Å²) in [6.07, 6.45) is 4.41. The second-order valence-electron chi connectivity index (χ2n) is 6.06. The van der Waals surface area contributed by atoms with Crippen LogP contribution < -0.4 is 5.32 Å². The van der Waals surface area contributed by atoms with Gasteiger partial charge in [0, 0.05) is 6.54 Å². The minimum absolute atomic E-state index is 0.0168. The van der Waals surface area contributed by atoms with Gasteiger partial charge in [-0.2, -0.15) is 11.8 Å².